The fourth-order valence-electron chi connectivity index (χ4n) is 3.23. The van der Waals surface area contributed by atoms with Gasteiger partial charge in [-0.25, -0.2) is 0 Å². The number of aliphatic hydroxyl groups excluding tert-OH is 1. The predicted octanol–water partition coefficient (Wildman–Crippen LogP) is 3.97. The molecule has 0 fully saturated rings. The van der Waals surface area contributed by atoms with Gasteiger partial charge in [0.2, 0.25) is 0 Å². The Hall–Kier alpha value is -1.67. The monoisotopic (exact) mass is 434 g/mol. The largest absolute Gasteiger partial charge is 0.395 e. The van der Waals surface area contributed by atoms with Gasteiger partial charge in [0.05, 0.1) is 23.5 Å². The number of carbonyl (C=O) groups is 1. The number of rotatable bonds is 5. The zero-order chi connectivity index (χ0) is 21.4. The number of aliphatic hydroxyl groups is 1. The normalized spacial score (nSPS) is 19.8. The molecule has 7 heteroatoms. The average molecular weight is 435 g/mol. The summed E-state index contributed by atoms with van der Waals surface area (Å²) in [6.45, 7) is 7.18. The van der Waals surface area contributed by atoms with Crippen molar-refractivity contribution in [3.8, 4) is 0 Å². The summed E-state index contributed by atoms with van der Waals surface area (Å²) in [6, 6.07) is 12.0. The van der Waals surface area contributed by atoms with Crippen LogP contribution in [0.1, 0.15) is 42.3 Å². The highest BCUT2D eigenvalue weighted by atomic mass is 32.2. The van der Waals surface area contributed by atoms with Crippen molar-refractivity contribution in [2.45, 2.75) is 42.9 Å². The van der Waals surface area contributed by atoms with Gasteiger partial charge in [-0.05, 0) is 35.6 Å². The second kappa shape index (κ2) is 7.87. The fourth-order valence-corrected chi connectivity index (χ4v) is 5.56. The average Bonchev–Trinajstić information content (AvgIpc) is 2.68. The van der Waals surface area contributed by atoms with E-state index in [-0.39, 0.29) is 21.8 Å². The number of fused-ring (bicyclic) bond motifs is 1. The first-order valence-electron chi connectivity index (χ1n) is 9.38. The molecule has 1 N–H and O–H groups in total. The molecule has 1 aliphatic heterocycles. The van der Waals surface area contributed by atoms with Gasteiger partial charge in [0, 0.05) is 16.2 Å². The van der Waals surface area contributed by atoms with Gasteiger partial charge >= 0.3 is 0 Å². The van der Waals surface area contributed by atoms with Gasteiger partial charge < -0.3 is 5.11 Å². The molecule has 1 unspecified atom stereocenters. The fraction of sp³-hybridized carbons (Fsp3) is 0.409. The second-order valence-corrected chi connectivity index (χ2v) is 11.1. The molecule has 1 aliphatic rings. The maximum Gasteiger partial charge on any atom is 0.297 e. The lowest BCUT2D eigenvalue weighted by Crippen LogP contribution is -2.44. The zero-order valence-corrected chi connectivity index (χ0v) is 18.7. The lowest BCUT2D eigenvalue weighted by atomic mass is 9.82. The van der Waals surface area contributed by atoms with Gasteiger partial charge in [-0.15, -0.1) is 11.8 Å². The molecule has 0 aliphatic carbocycles. The number of ketones is 1. The Kier molecular flexibility index (Phi) is 5.98. The Morgan fingerprint density at radius 2 is 1.79 bits per heavy atom. The minimum atomic E-state index is -4.05. The molecular weight excluding hydrogens is 408 g/mol. The number of hydrogen-bond donors (Lipinski definition) is 1. The topological polar surface area (TPSA) is 80.7 Å². The molecule has 0 aromatic heterocycles. The first-order chi connectivity index (χ1) is 13.5. The molecule has 29 heavy (non-hydrogen) atoms. The van der Waals surface area contributed by atoms with Gasteiger partial charge in [0.15, 0.2) is 5.78 Å². The number of Topliss-reactive ketones (excluding diaryl/α,β-unsaturated/α-hetero) is 1. The van der Waals surface area contributed by atoms with Crippen LogP contribution in [0.25, 0.3) is 0 Å². The molecule has 156 valence electrons. The molecule has 0 bridgehead atoms. The summed E-state index contributed by atoms with van der Waals surface area (Å²) in [5.41, 5.74) is 1.12. The van der Waals surface area contributed by atoms with Crippen molar-refractivity contribution >= 4 is 27.7 Å². The summed E-state index contributed by atoms with van der Waals surface area (Å²) in [5.74, 6) is -0.0192. The van der Waals surface area contributed by atoms with Crippen LogP contribution in [0.2, 0.25) is 0 Å². The first-order valence-corrected chi connectivity index (χ1v) is 11.8. The van der Waals surface area contributed by atoms with E-state index >= 15 is 0 Å². The highest BCUT2D eigenvalue weighted by Gasteiger charge is 2.44. The SMILES string of the molecule is Cc1cccc2c1SCC(CO)(COS(=O)(=O)c1ccc(C(C)(C)C)cc1)C2=O. The third-order valence-corrected chi connectivity index (χ3v) is 8.04. The van der Waals surface area contributed by atoms with E-state index in [0.717, 1.165) is 16.0 Å². The molecule has 2 aromatic rings. The molecule has 0 saturated heterocycles. The third kappa shape index (κ3) is 4.28. The van der Waals surface area contributed by atoms with Crippen LogP contribution in [-0.4, -0.2) is 38.3 Å². The molecule has 0 saturated carbocycles. The van der Waals surface area contributed by atoms with E-state index in [1.165, 1.54) is 23.9 Å². The predicted molar refractivity (Wildman–Crippen MR) is 114 cm³/mol. The van der Waals surface area contributed by atoms with E-state index in [9.17, 15) is 18.3 Å². The summed E-state index contributed by atoms with van der Waals surface area (Å²) in [6.07, 6.45) is 0. The lowest BCUT2D eigenvalue weighted by Gasteiger charge is -2.34. The van der Waals surface area contributed by atoms with Crippen LogP contribution in [-0.2, 0) is 19.7 Å². The van der Waals surface area contributed by atoms with E-state index < -0.39 is 28.7 Å². The Bertz CT molecular complexity index is 1020. The molecule has 0 amide bonds. The van der Waals surface area contributed by atoms with Crippen molar-refractivity contribution in [1.82, 2.24) is 0 Å². The number of hydrogen-bond acceptors (Lipinski definition) is 6. The lowest BCUT2D eigenvalue weighted by molar-refractivity contribution is 0.0544. The van der Waals surface area contributed by atoms with Crippen molar-refractivity contribution in [2.75, 3.05) is 19.0 Å². The third-order valence-electron chi connectivity index (χ3n) is 5.23. The van der Waals surface area contributed by atoms with E-state index in [2.05, 4.69) is 0 Å². The van der Waals surface area contributed by atoms with Crippen molar-refractivity contribution in [1.29, 1.82) is 0 Å². The summed E-state index contributed by atoms with van der Waals surface area (Å²) >= 11 is 1.45. The number of thioether (sulfide) groups is 1. The van der Waals surface area contributed by atoms with Crippen LogP contribution >= 0.6 is 11.8 Å². The number of benzene rings is 2. The Balaban J connectivity index is 1.82. The van der Waals surface area contributed by atoms with Crippen molar-refractivity contribution in [3.05, 3.63) is 59.2 Å². The minimum Gasteiger partial charge on any atom is -0.395 e. The Morgan fingerprint density at radius 1 is 1.14 bits per heavy atom. The van der Waals surface area contributed by atoms with E-state index in [0.29, 0.717) is 5.56 Å². The standard InChI is InChI=1S/C22H26O5S2/c1-15-6-5-7-18-19(15)28-14-22(12-23,20(18)24)13-27-29(25,26)17-10-8-16(9-11-17)21(2,3)4/h5-11,23H,12-14H2,1-4H3. The summed E-state index contributed by atoms with van der Waals surface area (Å²) in [7, 11) is -4.05. The van der Waals surface area contributed by atoms with Crippen molar-refractivity contribution < 1.29 is 22.5 Å². The van der Waals surface area contributed by atoms with Gasteiger partial charge in [0.25, 0.3) is 10.1 Å². The Morgan fingerprint density at radius 3 is 2.38 bits per heavy atom. The van der Waals surface area contributed by atoms with Crippen LogP contribution in [0.4, 0.5) is 0 Å². The Labute approximate surface area is 176 Å². The highest BCUT2D eigenvalue weighted by molar-refractivity contribution is 7.99. The highest BCUT2D eigenvalue weighted by Crippen LogP contribution is 2.42. The molecule has 2 aromatic carbocycles. The van der Waals surface area contributed by atoms with Crippen molar-refractivity contribution in [2.24, 2.45) is 5.41 Å². The molecule has 0 radical (unpaired) electrons. The van der Waals surface area contributed by atoms with E-state index in [1.807, 2.05) is 33.8 Å². The van der Waals surface area contributed by atoms with Crippen LogP contribution in [0.15, 0.2) is 52.3 Å². The molecule has 5 nitrogen and oxygen atoms in total. The summed E-state index contributed by atoms with van der Waals surface area (Å²) < 4.78 is 30.6. The van der Waals surface area contributed by atoms with Crippen LogP contribution in [0.5, 0.6) is 0 Å². The molecule has 1 atom stereocenters. The van der Waals surface area contributed by atoms with Gasteiger partial charge in [0.1, 0.15) is 0 Å². The number of carbonyl (C=O) groups excluding carboxylic acids is 1. The minimum absolute atomic E-state index is 0.0331. The maximum atomic E-state index is 13.1. The zero-order valence-electron chi connectivity index (χ0n) is 17.1. The number of aryl methyl sites for hydroxylation is 1. The quantitative estimate of drug-likeness (QED) is 0.718. The second-order valence-electron chi connectivity index (χ2n) is 8.50. The maximum absolute atomic E-state index is 13.1. The smallest absolute Gasteiger partial charge is 0.297 e. The molecule has 3 rings (SSSR count). The van der Waals surface area contributed by atoms with Crippen LogP contribution < -0.4 is 0 Å². The summed E-state index contributed by atoms with van der Waals surface area (Å²) in [4.78, 5) is 14.0. The van der Waals surface area contributed by atoms with Gasteiger partial charge in [-0.1, -0.05) is 51.1 Å². The van der Waals surface area contributed by atoms with Crippen LogP contribution in [0.3, 0.4) is 0 Å². The molecule has 0 spiro atoms. The van der Waals surface area contributed by atoms with E-state index in [1.54, 1.807) is 24.3 Å². The first kappa shape index (κ1) is 22.0. The van der Waals surface area contributed by atoms with Gasteiger partial charge in [-0.3, -0.25) is 8.98 Å². The van der Waals surface area contributed by atoms with Crippen LogP contribution in [0, 0.1) is 12.3 Å². The molecular formula is C22H26O5S2. The summed E-state index contributed by atoms with van der Waals surface area (Å²) in [5, 5.41) is 9.99. The van der Waals surface area contributed by atoms with E-state index in [4.69, 9.17) is 4.18 Å². The van der Waals surface area contributed by atoms with Gasteiger partial charge in [-0.2, -0.15) is 8.42 Å². The molecule has 1 heterocycles. The van der Waals surface area contributed by atoms with Crippen molar-refractivity contribution in [3.63, 3.8) is 0 Å².